The maximum absolute atomic E-state index is 3.69. The van der Waals surface area contributed by atoms with Crippen molar-refractivity contribution in [1.82, 2.24) is 10.2 Å². The minimum Gasteiger partial charge on any atom is -0.312 e. The Bertz CT molecular complexity index is 191. The number of nitrogens with one attached hydrogen (secondary N) is 1. The van der Waals surface area contributed by atoms with Gasteiger partial charge in [-0.1, -0.05) is 34.1 Å². The second-order valence-corrected chi connectivity index (χ2v) is 5.91. The Labute approximate surface area is 102 Å². The number of hydrogen-bond donors (Lipinski definition) is 1. The number of hydrogen-bond acceptors (Lipinski definition) is 2. The van der Waals surface area contributed by atoms with Crippen LogP contribution in [-0.4, -0.2) is 36.6 Å². The lowest BCUT2D eigenvalue weighted by molar-refractivity contribution is 0.166. The van der Waals surface area contributed by atoms with Crippen LogP contribution < -0.4 is 5.32 Å². The Morgan fingerprint density at radius 1 is 1.31 bits per heavy atom. The Balaban J connectivity index is 2.56. The summed E-state index contributed by atoms with van der Waals surface area (Å²) in [6.07, 6.45) is 2.59. The monoisotopic (exact) mass is 226 g/mol. The molecular weight excluding hydrogens is 196 g/mol. The predicted octanol–water partition coefficient (Wildman–Crippen LogP) is 2.74. The van der Waals surface area contributed by atoms with Gasteiger partial charge in [0.25, 0.3) is 0 Å². The molecule has 0 radical (unpaired) electrons. The number of nitrogens with zero attached hydrogens (tertiary/aromatic N) is 1. The van der Waals surface area contributed by atoms with E-state index in [0.29, 0.717) is 6.04 Å². The Hall–Kier alpha value is -0.0800. The Morgan fingerprint density at radius 3 is 2.56 bits per heavy atom. The van der Waals surface area contributed by atoms with Gasteiger partial charge in [-0.25, -0.2) is 0 Å². The molecule has 96 valence electrons. The van der Waals surface area contributed by atoms with E-state index >= 15 is 0 Å². The van der Waals surface area contributed by atoms with Crippen molar-refractivity contribution >= 4 is 0 Å². The quantitative estimate of drug-likeness (QED) is 0.793. The van der Waals surface area contributed by atoms with Crippen LogP contribution in [0.2, 0.25) is 0 Å². The van der Waals surface area contributed by atoms with Crippen LogP contribution in [0.4, 0.5) is 0 Å². The highest BCUT2D eigenvalue weighted by atomic mass is 15.2. The molecule has 0 bridgehead atoms. The summed E-state index contributed by atoms with van der Waals surface area (Å²) in [6, 6.07) is 1.42. The van der Waals surface area contributed by atoms with E-state index in [9.17, 15) is 0 Å². The van der Waals surface area contributed by atoms with Gasteiger partial charge in [0.1, 0.15) is 0 Å². The van der Waals surface area contributed by atoms with Gasteiger partial charge in [-0.05, 0) is 31.7 Å². The maximum atomic E-state index is 3.69. The molecule has 0 saturated carbocycles. The van der Waals surface area contributed by atoms with Crippen LogP contribution in [0.1, 0.15) is 47.5 Å². The normalized spacial score (nSPS) is 30.4. The first-order chi connectivity index (χ1) is 7.54. The van der Waals surface area contributed by atoms with Crippen molar-refractivity contribution in [3.05, 3.63) is 0 Å². The molecule has 0 aliphatic carbocycles. The van der Waals surface area contributed by atoms with Crippen molar-refractivity contribution in [3.63, 3.8) is 0 Å². The van der Waals surface area contributed by atoms with Gasteiger partial charge >= 0.3 is 0 Å². The second kappa shape index (κ2) is 6.61. The molecule has 3 atom stereocenters. The molecule has 0 aromatic heterocycles. The molecule has 1 aliphatic heterocycles. The third-order valence-electron chi connectivity index (χ3n) is 4.07. The molecule has 2 nitrogen and oxygen atoms in total. The van der Waals surface area contributed by atoms with Crippen molar-refractivity contribution in [3.8, 4) is 0 Å². The van der Waals surface area contributed by atoms with Gasteiger partial charge in [0.05, 0.1) is 0 Å². The SMILES string of the molecule is CCC(C)CN1CC(C(C)C)NCCC1C. The zero-order chi connectivity index (χ0) is 12.1. The summed E-state index contributed by atoms with van der Waals surface area (Å²) in [4.78, 5) is 2.69. The highest BCUT2D eigenvalue weighted by Crippen LogP contribution is 2.16. The average molecular weight is 226 g/mol. The Kier molecular flexibility index (Phi) is 5.77. The summed E-state index contributed by atoms with van der Waals surface area (Å²) in [5, 5.41) is 3.69. The van der Waals surface area contributed by atoms with Gasteiger partial charge in [0.2, 0.25) is 0 Å². The van der Waals surface area contributed by atoms with Gasteiger partial charge < -0.3 is 5.32 Å². The molecular formula is C14H30N2. The van der Waals surface area contributed by atoms with Crippen LogP contribution in [0.5, 0.6) is 0 Å². The predicted molar refractivity (Wildman–Crippen MR) is 71.7 cm³/mol. The summed E-state index contributed by atoms with van der Waals surface area (Å²) in [5.74, 6) is 1.57. The molecule has 1 fully saturated rings. The summed E-state index contributed by atoms with van der Waals surface area (Å²) in [7, 11) is 0. The fraction of sp³-hybridized carbons (Fsp3) is 1.00. The molecule has 3 unspecified atom stereocenters. The number of rotatable bonds is 4. The molecule has 2 heteroatoms. The van der Waals surface area contributed by atoms with Crippen molar-refractivity contribution in [2.24, 2.45) is 11.8 Å². The highest BCUT2D eigenvalue weighted by molar-refractivity contribution is 4.83. The van der Waals surface area contributed by atoms with E-state index in [-0.39, 0.29) is 0 Å². The minimum absolute atomic E-state index is 0.675. The first kappa shape index (κ1) is 14.0. The lowest BCUT2D eigenvalue weighted by Crippen LogP contribution is -2.44. The molecule has 0 spiro atoms. The van der Waals surface area contributed by atoms with E-state index in [1.165, 1.54) is 32.5 Å². The third kappa shape index (κ3) is 4.06. The van der Waals surface area contributed by atoms with Gasteiger partial charge in [-0.3, -0.25) is 4.90 Å². The molecule has 16 heavy (non-hydrogen) atoms. The fourth-order valence-electron chi connectivity index (χ4n) is 2.39. The van der Waals surface area contributed by atoms with Gasteiger partial charge in [0.15, 0.2) is 0 Å². The third-order valence-corrected chi connectivity index (χ3v) is 4.07. The first-order valence-electron chi connectivity index (χ1n) is 7.02. The molecule has 0 amide bonds. The summed E-state index contributed by atoms with van der Waals surface area (Å²) in [6.45, 7) is 15.4. The van der Waals surface area contributed by atoms with Crippen molar-refractivity contribution in [2.45, 2.75) is 59.5 Å². The van der Waals surface area contributed by atoms with E-state index in [1.54, 1.807) is 0 Å². The van der Waals surface area contributed by atoms with Crippen molar-refractivity contribution in [1.29, 1.82) is 0 Å². The van der Waals surface area contributed by atoms with Crippen LogP contribution in [0.15, 0.2) is 0 Å². The van der Waals surface area contributed by atoms with E-state index in [2.05, 4.69) is 44.8 Å². The van der Waals surface area contributed by atoms with E-state index in [1.807, 2.05) is 0 Å². The maximum Gasteiger partial charge on any atom is 0.0218 e. The standard InChI is InChI=1S/C14H30N2/c1-6-12(4)9-16-10-14(11(2)3)15-8-7-13(16)5/h11-15H,6-10H2,1-5H3. The minimum atomic E-state index is 0.675. The average Bonchev–Trinajstić information content (AvgIpc) is 2.41. The van der Waals surface area contributed by atoms with Gasteiger partial charge in [-0.15, -0.1) is 0 Å². The second-order valence-electron chi connectivity index (χ2n) is 5.91. The molecule has 1 saturated heterocycles. The van der Waals surface area contributed by atoms with Gasteiger partial charge in [-0.2, -0.15) is 0 Å². The lowest BCUT2D eigenvalue weighted by Gasteiger charge is -2.32. The lowest BCUT2D eigenvalue weighted by atomic mass is 10.0. The van der Waals surface area contributed by atoms with E-state index < -0.39 is 0 Å². The van der Waals surface area contributed by atoms with E-state index in [4.69, 9.17) is 0 Å². The molecule has 1 heterocycles. The topological polar surface area (TPSA) is 15.3 Å². The fourth-order valence-corrected chi connectivity index (χ4v) is 2.39. The molecule has 0 aromatic carbocycles. The molecule has 0 aromatic rings. The largest absolute Gasteiger partial charge is 0.312 e. The summed E-state index contributed by atoms with van der Waals surface area (Å²) in [5.41, 5.74) is 0. The Morgan fingerprint density at radius 2 is 2.00 bits per heavy atom. The van der Waals surface area contributed by atoms with Crippen LogP contribution in [0.3, 0.4) is 0 Å². The van der Waals surface area contributed by atoms with Crippen molar-refractivity contribution in [2.75, 3.05) is 19.6 Å². The first-order valence-corrected chi connectivity index (χ1v) is 7.02. The summed E-state index contributed by atoms with van der Waals surface area (Å²) < 4.78 is 0. The zero-order valence-corrected chi connectivity index (χ0v) is 11.8. The highest BCUT2D eigenvalue weighted by Gasteiger charge is 2.25. The van der Waals surface area contributed by atoms with E-state index in [0.717, 1.165) is 17.9 Å². The van der Waals surface area contributed by atoms with Gasteiger partial charge in [0, 0.05) is 25.2 Å². The molecule has 1 aliphatic rings. The van der Waals surface area contributed by atoms with Crippen LogP contribution in [0.25, 0.3) is 0 Å². The summed E-state index contributed by atoms with van der Waals surface area (Å²) >= 11 is 0. The van der Waals surface area contributed by atoms with Crippen LogP contribution in [0, 0.1) is 11.8 Å². The van der Waals surface area contributed by atoms with Crippen molar-refractivity contribution < 1.29 is 0 Å². The molecule has 1 N–H and O–H groups in total. The van der Waals surface area contributed by atoms with Crippen LogP contribution in [-0.2, 0) is 0 Å². The van der Waals surface area contributed by atoms with Crippen LogP contribution >= 0.6 is 0 Å². The molecule has 1 rings (SSSR count). The zero-order valence-electron chi connectivity index (χ0n) is 11.8. The smallest absolute Gasteiger partial charge is 0.0218 e.